The number of rotatable bonds is 4. The fourth-order valence-corrected chi connectivity index (χ4v) is 4.40. The molecule has 0 unspecified atom stereocenters. The van der Waals surface area contributed by atoms with Gasteiger partial charge in [-0.2, -0.15) is 0 Å². The first-order valence-corrected chi connectivity index (χ1v) is 10.9. The number of imidazole rings is 1. The van der Waals surface area contributed by atoms with Crippen molar-refractivity contribution in [3.05, 3.63) is 48.0 Å². The Hall–Kier alpha value is -3.88. The number of amides is 2. The van der Waals surface area contributed by atoms with Crippen LogP contribution in [0.15, 0.2) is 42.5 Å². The Morgan fingerprint density at radius 1 is 1.21 bits per heavy atom. The van der Waals surface area contributed by atoms with Gasteiger partial charge in [0, 0.05) is 38.9 Å². The fraction of sp³-hybridized carbons (Fsp3) is 0.333. The van der Waals surface area contributed by atoms with Gasteiger partial charge in [-0.15, -0.1) is 0 Å². The van der Waals surface area contributed by atoms with Crippen molar-refractivity contribution >= 4 is 34.6 Å². The van der Waals surface area contributed by atoms with E-state index in [1.54, 1.807) is 30.0 Å². The van der Waals surface area contributed by atoms with Crippen LogP contribution in [0.1, 0.15) is 36.5 Å². The van der Waals surface area contributed by atoms with Crippen LogP contribution in [0.3, 0.4) is 0 Å². The molecule has 2 amide bonds. The number of piperidine rings is 1. The molecule has 1 spiro atoms. The standard InChI is InChI=1S/C24H24N4O5/c1-15(29)28-10-8-24(9-11-28)13-20(30)17-7-6-16(12-21(17)33-24)32-14-22(31)27-23-25-18-4-2-3-5-19(18)26-23/h2-7,12H,8-11,13-14H2,1H3,(H2,25,26,27,31). The lowest BCUT2D eigenvalue weighted by molar-refractivity contribution is -0.132. The number of likely N-dealkylation sites (tertiary alicyclic amines) is 1. The highest BCUT2D eigenvalue weighted by molar-refractivity contribution is 6.00. The Balaban J connectivity index is 1.23. The maximum absolute atomic E-state index is 12.8. The van der Waals surface area contributed by atoms with E-state index in [4.69, 9.17) is 9.47 Å². The number of anilines is 1. The second kappa shape index (κ2) is 8.23. The molecule has 2 aliphatic rings. The van der Waals surface area contributed by atoms with Gasteiger partial charge in [0.1, 0.15) is 17.1 Å². The molecule has 1 aromatic heterocycles. The molecule has 33 heavy (non-hydrogen) atoms. The van der Waals surface area contributed by atoms with Gasteiger partial charge in [-0.1, -0.05) is 12.1 Å². The van der Waals surface area contributed by atoms with Crippen molar-refractivity contribution in [2.45, 2.75) is 31.8 Å². The zero-order valence-electron chi connectivity index (χ0n) is 18.2. The van der Waals surface area contributed by atoms with E-state index in [1.807, 2.05) is 24.3 Å². The number of carbonyl (C=O) groups is 3. The predicted octanol–water partition coefficient (Wildman–Crippen LogP) is 2.93. The van der Waals surface area contributed by atoms with Crippen molar-refractivity contribution in [1.29, 1.82) is 0 Å². The average Bonchev–Trinajstić information content (AvgIpc) is 3.20. The van der Waals surface area contributed by atoms with Gasteiger partial charge in [-0.3, -0.25) is 19.7 Å². The van der Waals surface area contributed by atoms with Gasteiger partial charge in [0.2, 0.25) is 11.9 Å². The minimum atomic E-state index is -0.604. The number of para-hydroxylation sites is 2. The zero-order valence-corrected chi connectivity index (χ0v) is 18.2. The number of carbonyl (C=O) groups excluding carboxylic acids is 3. The third-order valence-electron chi connectivity index (χ3n) is 6.20. The SMILES string of the molecule is CC(=O)N1CCC2(CC1)CC(=O)c1ccc(OCC(=O)Nc3nc4ccccc4[nH]3)cc1O2. The Morgan fingerprint density at radius 2 is 2.00 bits per heavy atom. The number of fused-ring (bicyclic) bond motifs is 2. The van der Waals surface area contributed by atoms with Gasteiger partial charge in [-0.25, -0.2) is 4.98 Å². The third-order valence-corrected chi connectivity index (χ3v) is 6.20. The fourth-order valence-electron chi connectivity index (χ4n) is 4.40. The minimum absolute atomic E-state index is 0.0155. The number of nitrogens with zero attached hydrogens (tertiary/aromatic N) is 2. The Labute approximate surface area is 190 Å². The molecule has 0 bridgehead atoms. The van der Waals surface area contributed by atoms with Crippen molar-refractivity contribution in [2.75, 3.05) is 25.0 Å². The van der Waals surface area contributed by atoms with Crippen LogP contribution in [0.2, 0.25) is 0 Å². The maximum atomic E-state index is 12.8. The molecule has 2 aliphatic heterocycles. The van der Waals surface area contributed by atoms with E-state index in [9.17, 15) is 14.4 Å². The lowest BCUT2D eigenvalue weighted by Gasteiger charge is -2.43. The average molecular weight is 448 g/mol. The molecule has 2 N–H and O–H groups in total. The highest BCUT2D eigenvalue weighted by Gasteiger charge is 2.43. The summed E-state index contributed by atoms with van der Waals surface area (Å²) in [6, 6.07) is 12.5. The first-order chi connectivity index (χ1) is 15.9. The number of nitrogens with one attached hydrogen (secondary N) is 2. The van der Waals surface area contributed by atoms with Gasteiger partial charge in [-0.05, 0) is 24.3 Å². The Kier molecular flexibility index (Phi) is 5.24. The van der Waals surface area contributed by atoms with Crippen molar-refractivity contribution < 1.29 is 23.9 Å². The van der Waals surface area contributed by atoms with Crippen LogP contribution in [0.4, 0.5) is 5.95 Å². The molecule has 3 heterocycles. The van der Waals surface area contributed by atoms with E-state index >= 15 is 0 Å². The summed E-state index contributed by atoms with van der Waals surface area (Å²) in [5.41, 5.74) is 1.49. The van der Waals surface area contributed by atoms with Crippen LogP contribution in [-0.4, -0.2) is 57.8 Å². The minimum Gasteiger partial charge on any atom is -0.486 e. The molecule has 2 aromatic carbocycles. The summed E-state index contributed by atoms with van der Waals surface area (Å²) in [6.45, 7) is 2.46. The van der Waals surface area contributed by atoms with Crippen LogP contribution >= 0.6 is 0 Å². The summed E-state index contributed by atoms with van der Waals surface area (Å²) in [6.07, 6.45) is 1.50. The second-order valence-electron chi connectivity index (χ2n) is 8.49. The molecule has 0 atom stereocenters. The molecule has 9 nitrogen and oxygen atoms in total. The molecule has 5 rings (SSSR count). The van der Waals surface area contributed by atoms with Crippen molar-refractivity contribution in [1.82, 2.24) is 14.9 Å². The molecule has 3 aromatic rings. The van der Waals surface area contributed by atoms with E-state index in [-0.39, 0.29) is 24.2 Å². The second-order valence-corrected chi connectivity index (χ2v) is 8.49. The first-order valence-electron chi connectivity index (χ1n) is 10.9. The first kappa shape index (κ1) is 21.0. The highest BCUT2D eigenvalue weighted by Crippen LogP contribution is 2.40. The highest BCUT2D eigenvalue weighted by atomic mass is 16.5. The number of ether oxygens (including phenoxy) is 2. The van der Waals surface area contributed by atoms with Crippen molar-refractivity contribution in [3.63, 3.8) is 0 Å². The van der Waals surface area contributed by atoms with Crippen LogP contribution in [0.25, 0.3) is 11.0 Å². The maximum Gasteiger partial charge on any atom is 0.264 e. The summed E-state index contributed by atoms with van der Waals surface area (Å²) < 4.78 is 11.9. The number of hydrogen-bond acceptors (Lipinski definition) is 6. The lowest BCUT2D eigenvalue weighted by Crippen LogP contribution is -2.51. The van der Waals surface area contributed by atoms with Gasteiger partial charge < -0.3 is 19.4 Å². The normalized spacial score (nSPS) is 16.9. The number of hydrogen-bond donors (Lipinski definition) is 2. The van der Waals surface area contributed by atoms with Crippen LogP contribution in [0.5, 0.6) is 11.5 Å². The van der Waals surface area contributed by atoms with E-state index < -0.39 is 5.60 Å². The molecule has 1 fully saturated rings. The van der Waals surface area contributed by atoms with E-state index in [1.165, 1.54) is 0 Å². The monoisotopic (exact) mass is 448 g/mol. The summed E-state index contributed by atoms with van der Waals surface area (Å²) in [5, 5.41) is 2.68. The molecule has 1 saturated heterocycles. The molecule has 9 heteroatoms. The smallest absolute Gasteiger partial charge is 0.264 e. The summed E-state index contributed by atoms with van der Waals surface area (Å²) in [5.74, 6) is 0.919. The predicted molar refractivity (Wildman–Crippen MR) is 120 cm³/mol. The molecular weight excluding hydrogens is 424 g/mol. The molecule has 0 aliphatic carbocycles. The topological polar surface area (TPSA) is 114 Å². The van der Waals surface area contributed by atoms with Crippen molar-refractivity contribution in [2.24, 2.45) is 0 Å². The zero-order chi connectivity index (χ0) is 23.0. The van der Waals surface area contributed by atoms with Gasteiger partial charge >= 0.3 is 0 Å². The largest absolute Gasteiger partial charge is 0.486 e. The Bertz CT molecular complexity index is 1210. The molecular formula is C24H24N4O5. The summed E-state index contributed by atoms with van der Waals surface area (Å²) in [4.78, 5) is 45.8. The Morgan fingerprint density at radius 3 is 2.76 bits per heavy atom. The molecule has 0 radical (unpaired) electrons. The number of H-pyrrole nitrogens is 1. The van der Waals surface area contributed by atoms with E-state index in [0.29, 0.717) is 55.4 Å². The summed E-state index contributed by atoms with van der Waals surface area (Å²) in [7, 11) is 0. The van der Waals surface area contributed by atoms with Crippen LogP contribution in [-0.2, 0) is 9.59 Å². The van der Waals surface area contributed by atoms with E-state index in [0.717, 1.165) is 11.0 Å². The quantitative estimate of drug-likeness (QED) is 0.635. The van der Waals surface area contributed by atoms with Crippen LogP contribution in [0, 0.1) is 0 Å². The third kappa shape index (κ3) is 4.26. The van der Waals surface area contributed by atoms with E-state index in [2.05, 4.69) is 15.3 Å². The number of Topliss-reactive ketones (excluding diaryl/α,β-unsaturated/α-hetero) is 1. The lowest BCUT2D eigenvalue weighted by atomic mass is 9.82. The number of ketones is 1. The number of benzene rings is 2. The van der Waals surface area contributed by atoms with Crippen LogP contribution < -0.4 is 14.8 Å². The number of aromatic amines is 1. The van der Waals surface area contributed by atoms with Gasteiger partial charge in [0.05, 0.1) is 23.0 Å². The summed E-state index contributed by atoms with van der Waals surface area (Å²) >= 11 is 0. The molecule has 0 saturated carbocycles. The van der Waals surface area contributed by atoms with Gasteiger partial charge in [0.15, 0.2) is 12.4 Å². The molecule has 170 valence electrons. The van der Waals surface area contributed by atoms with Crippen molar-refractivity contribution in [3.8, 4) is 11.5 Å². The number of aromatic nitrogens is 2. The van der Waals surface area contributed by atoms with Gasteiger partial charge in [0.25, 0.3) is 5.91 Å².